The number of fused-ring (bicyclic) bond motifs is 6. The molecule has 0 saturated carbocycles. The van der Waals surface area contributed by atoms with Gasteiger partial charge in [0.25, 0.3) is 0 Å². The maximum absolute atomic E-state index is 13.3. The highest BCUT2D eigenvalue weighted by Gasteiger charge is 2.47. The predicted molar refractivity (Wildman–Crippen MR) is 225 cm³/mol. The average Bonchev–Trinajstić information content (AvgIpc) is 3.56. The number of nitrogens with one attached hydrogen (secondary N) is 1. The second-order valence-electron chi connectivity index (χ2n) is 16.2. The molecule has 0 aromatic heterocycles. The number of carbonyl (C=O) groups is 2. The van der Waals surface area contributed by atoms with E-state index in [4.69, 9.17) is 4.74 Å². The molecule has 0 aliphatic carbocycles. The Hall–Kier alpha value is -5.43. The second kappa shape index (κ2) is 16.4. The van der Waals surface area contributed by atoms with Crippen LogP contribution in [0.2, 0.25) is 0 Å². The number of carbonyl (C=O) groups excluding carboxylic acids is 1. The molecule has 58 heavy (non-hydrogen) atoms. The molecule has 1 saturated heterocycles. The van der Waals surface area contributed by atoms with E-state index in [1.807, 2.05) is 54.6 Å². The third-order valence-corrected chi connectivity index (χ3v) is 11.8. The lowest BCUT2D eigenvalue weighted by Gasteiger charge is -2.40. The zero-order valence-corrected chi connectivity index (χ0v) is 33.2. The number of nitrogens with zero attached hydrogens (tertiary/aromatic N) is 2. The summed E-state index contributed by atoms with van der Waals surface area (Å²) >= 11 is 0. The number of hydrogen-bond donors (Lipinski definition) is 6. The van der Waals surface area contributed by atoms with E-state index < -0.39 is 54.5 Å². The number of benzene rings is 4. The van der Waals surface area contributed by atoms with Crippen LogP contribution in [0.25, 0.3) is 21.5 Å². The van der Waals surface area contributed by atoms with Crippen LogP contribution in [0, 0.1) is 0 Å². The van der Waals surface area contributed by atoms with Gasteiger partial charge in [0.15, 0.2) is 18.5 Å². The van der Waals surface area contributed by atoms with Crippen LogP contribution in [0.4, 0.5) is 11.4 Å². The van der Waals surface area contributed by atoms with Crippen molar-refractivity contribution in [3.05, 3.63) is 132 Å². The van der Waals surface area contributed by atoms with E-state index in [1.165, 1.54) is 5.56 Å². The Labute approximate surface area is 338 Å². The first-order chi connectivity index (χ1) is 27.7. The third kappa shape index (κ3) is 7.52. The van der Waals surface area contributed by atoms with Crippen LogP contribution in [-0.2, 0) is 25.2 Å². The van der Waals surface area contributed by atoms with Gasteiger partial charge in [-0.2, -0.15) is 4.58 Å². The van der Waals surface area contributed by atoms with E-state index in [2.05, 4.69) is 103 Å². The van der Waals surface area contributed by atoms with E-state index in [0.29, 0.717) is 13.1 Å². The molecule has 1 unspecified atom stereocenters. The quantitative estimate of drug-likeness (QED) is 0.0805. The number of aliphatic hydroxyl groups excluding tert-OH is 4. The Morgan fingerprint density at radius 2 is 1.43 bits per heavy atom. The number of anilines is 1. The minimum Gasteiger partial charge on any atom is -0.481 e. The van der Waals surface area contributed by atoms with Crippen molar-refractivity contribution in [2.75, 3.05) is 24.6 Å². The molecule has 5 atom stereocenters. The summed E-state index contributed by atoms with van der Waals surface area (Å²) in [5.41, 5.74) is 5.56. The Kier molecular flexibility index (Phi) is 11.6. The van der Waals surface area contributed by atoms with Crippen LogP contribution in [0.1, 0.15) is 51.7 Å². The number of carboxylic acids is 1. The van der Waals surface area contributed by atoms with Crippen molar-refractivity contribution in [2.24, 2.45) is 0 Å². The van der Waals surface area contributed by atoms with Crippen molar-refractivity contribution in [3.8, 4) is 0 Å². The van der Waals surface area contributed by atoms with Crippen LogP contribution in [-0.4, -0.2) is 98.0 Å². The van der Waals surface area contributed by atoms with Crippen molar-refractivity contribution in [3.63, 3.8) is 0 Å². The van der Waals surface area contributed by atoms with Gasteiger partial charge in [-0.25, -0.2) is 0 Å². The zero-order chi connectivity index (χ0) is 41.4. The smallest absolute Gasteiger partial charge is 0.309 e. The fourth-order valence-corrected chi connectivity index (χ4v) is 8.97. The van der Waals surface area contributed by atoms with Crippen molar-refractivity contribution in [1.29, 1.82) is 0 Å². The number of hydrogen-bond acceptors (Lipinski definition) is 8. The number of aliphatic carboxylic acids is 1. The molecule has 0 radical (unpaired) electrons. The lowest BCUT2D eigenvalue weighted by molar-refractivity contribution is -0.436. The predicted octanol–water partition coefficient (Wildman–Crippen LogP) is 5.50. The van der Waals surface area contributed by atoms with E-state index in [1.54, 1.807) is 0 Å². The first-order valence-electron chi connectivity index (χ1n) is 19.8. The fourth-order valence-electron chi connectivity index (χ4n) is 8.97. The molecular weight excluding hydrogens is 735 g/mol. The minimum atomic E-state index is -1.60. The van der Waals surface area contributed by atoms with Crippen molar-refractivity contribution in [1.82, 2.24) is 5.32 Å². The molecule has 4 aromatic carbocycles. The molecule has 0 spiro atoms. The standard InChI is InChI=1S/C47H51N3O8/c1-46(2)36(18-8-6-5-7-9-19-37-47(3,4)41-32-17-13-11-15-30(32)21-23-34(41)50(37)27-25-39(53)54)49(33-22-20-29-14-10-12-16-31(29)40(33)46)26-24-38(52)48-42-44(56)43(55)35(28-51)58-45(42)57/h5-23,35,42-45,51,55-57H,24-28H2,1-4H3,(H-,48,52,53,54)/p+1/t35-,42-,43-,44-,45?/m1/s1. The number of amides is 1. The highest BCUT2D eigenvalue weighted by atomic mass is 16.6. The van der Waals surface area contributed by atoms with Gasteiger partial charge in [-0.3, -0.25) is 9.59 Å². The number of ether oxygens (including phenoxy) is 1. The molecule has 3 heterocycles. The van der Waals surface area contributed by atoms with Crippen LogP contribution < -0.4 is 10.2 Å². The molecular formula is C47H52N3O8+. The Morgan fingerprint density at radius 3 is 2.12 bits per heavy atom. The van der Waals surface area contributed by atoms with Gasteiger partial charge < -0.3 is 40.5 Å². The summed E-state index contributed by atoms with van der Waals surface area (Å²) in [7, 11) is 0. The molecule has 1 fully saturated rings. The fraction of sp³-hybridized carbons (Fsp3) is 0.340. The summed E-state index contributed by atoms with van der Waals surface area (Å²) in [6.45, 7) is 8.76. The molecule has 4 aromatic rings. The summed E-state index contributed by atoms with van der Waals surface area (Å²) in [6.07, 6.45) is 8.19. The summed E-state index contributed by atoms with van der Waals surface area (Å²) in [5, 5.41) is 57.4. The molecule has 3 aliphatic heterocycles. The first kappa shape index (κ1) is 40.8. The lowest BCUT2D eigenvalue weighted by atomic mass is 9.79. The average molecular weight is 787 g/mol. The van der Waals surface area contributed by atoms with Gasteiger partial charge in [-0.05, 0) is 59.2 Å². The molecule has 1 amide bonds. The topological polar surface area (TPSA) is 163 Å². The molecule has 302 valence electrons. The number of aliphatic hydroxyl groups is 4. The van der Waals surface area contributed by atoms with Gasteiger partial charge >= 0.3 is 5.97 Å². The first-order valence-corrected chi connectivity index (χ1v) is 19.8. The summed E-state index contributed by atoms with van der Waals surface area (Å²) in [4.78, 5) is 27.1. The molecule has 6 N–H and O–H groups in total. The lowest BCUT2D eigenvalue weighted by Crippen LogP contribution is -2.64. The maximum Gasteiger partial charge on any atom is 0.309 e. The maximum atomic E-state index is 13.3. The van der Waals surface area contributed by atoms with Crippen molar-refractivity contribution >= 4 is 50.5 Å². The number of carboxylic acid groups (broad SMARTS) is 1. The van der Waals surface area contributed by atoms with Crippen LogP contribution in [0.3, 0.4) is 0 Å². The van der Waals surface area contributed by atoms with Crippen molar-refractivity contribution < 1.29 is 44.4 Å². The minimum absolute atomic E-state index is 0.0158. The van der Waals surface area contributed by atoms with Gasteiger partial charge in [-0.15, -0.1) is 0 Å². The van der Waals surface area contributed by atoms with Crippen LogP contribution in [0.15, 0.2) is 121 Å². The largest absolute Gasteiger partial charge is 0.481 e. The van der Waals surface area contributed by atoms with Crippen molar-refractivity contribution in [2.45, 2.75) is 82.0 Å². The Morgan fingerprint density at radius 1 is 0.793 bits per heavy atom. The van der Waals surface area contributed by atoms with E-state index in [9.17, 15) is 35.1 Å². The second-order valence-corrected chi connectivity index (χ2v) is 16.2. The SMILES string of the molecule is CC1(C)C(/C=C/C=C/C=C/C=C2/N(CCC(=O)N[C@H]3C(O)O[C@H](CO)[C@@H](O)[C@@H]3O)c3ccc4ccccc4c3C2(C)C)=[N+](CCC(=O)O)c2ccc3ccccc3c21. The third-order valence-electron chi connectivity index (χ3n) is 11.8. The van der Waals surface area contributed by atoms with Gasteiger partial charge in [-0.1, -0.05) is 98.8 Å². The zero-order valence-electron chi connectivity index (χ0n) is 33.2. The Bertz CT molecular complexity index is 2390. The summed E-state index contributed by atoms with van der Waals surface area (Å²) in [6, 6.07) is 23.6. The van der Waals surface area contributed by atoms with E-state index in [0.717, 1.165) is 49.9 Å². The van der Waals surface area contributed by atoms with Gasteiger partial charge in [0.2, 0.25) is 11.6 Å². The highest BCUT2D eigenvalue weighted by Crippen LogP contribution is 2.51. The summed E-state index contributed by atoms with van der Waals surface area (Å²) in [5.74, 6) is -1.29. The van der Waals surface area contributed by atoms with E-state index >= 15 is 0 Å². The molecule has 3 aliphatic rings. The molecule has 7 rings (SSSR count). The highest BCUT2D eigenvalue weighted by molar-refractivity contribution is 6.07. The van der Waals surface area contributed by atoms with Gasteiger partial charge in [0, 0.05) is 47.5 Å². The Balaban J connectivity index is 1.12. The summed E-state index contributed by atoms with van der Waals surface area (Å²) < 4.78 is 7.35. The van der Waals surface area contributed by atoms with Gasteiger partial charge in [0.1, 0.15) is 30.8 Å². The number of rotatable bonds is 12. The van der Waals surface area contributed by atoms with E-state index in [-0.39, 0.29) is 18.3 Å². The normalized spacial score (nSPS) is 24.5. The molecule has 11 nitrogen and oxygen atoms in total. The van der Waals surface area contributed by atoms with Gasteiger partial charge in [0.05, 0.1) is 12.0 Å². The van der Waals surface area contributed by atoms with Crippen LogP contribution in [0.5, 0.6) is 0 Å². The molecule has 0 bridgehead atoms. The van der Waals surface area contributed by atoms with Crippen LogP contribution >= 0.6 is 0 Å². The monoisotopic (exact) mass is 786 g/mol. The molecule has 11 heteroatoms. The number of allylic oxidation sites excluding steroid dienone is 8.